The van der Waals surface area contributed by atoms with Crippen molar-refractivity contribution in [2.45, 2.75) is 76.4 Å². The average molecular weight is 293 g/mol. The molecule has 0 aromatic heterocycles. The summed E-state index contributed by atoms with van der Waals surface area (Å²) in [5.74, 6) is 0.940. The highest BCUT2D eigenvalue weighted by atomic mass is 15.3. The third-order valence-electron chi connectivity index (χ3n) is 6.36. The number of likely N-dealkylation sites (N-methyl/N-ethyl adjacent to an activating group) is 1. The number of likely N-dealkylation sites (tertiary alicyclic amines) is 1. The normalized spacial score (nSPS) is 38.0. The number of hydrogen-bond acceptors (Lipinski definition) is 3. The SMILES string of the molecule is CCCNC1CCCC1CCN1CCC2CCC(C1)N2C. The number of nitrogens with one attached hydrogen (secondary N) is 1. The van der Waals surface area contributed by atoms with Crippen molar-refractivity contribution in [3.05, 3.63) is 0 Å². The van der Waals surface area contributed by atoms with Gasteiger partial charge in [0.1, 0.15) is 0 Å². The van der Waals surface area contributed by atoms with Gasteiger partial charge in [0, 0.05) is 24.7 Å². The van der Waals surface area contributed by atoms with Gasteiger partial charge in [0.05, 0.1) is 0 Å². The van der Waals surface area contributed by atoms with Gasteiger partial charge in [0.25, 0.3) is 0 Å². The van der Waals surface area contributed by atoms with Gasteiger partial charge in [-0.15, -0.1) is 0 Å². The predicted molar refractivity (Wildman–Crippen MR) is 89.7 cm³/mol. The van der Waals surface area contributed by atoms with Crippen LogP contribution in [0.2, 0.25) is 0 Å². The minimum absolute atomic E-state index is 0.816. The fourth-order valence-electron chi connectivity index (χ4n) is 4.91. The summed E-state index contributed by atoms with van der Waals surface area (Å²) in [6.45, 7) is 7.49. The summed E-state index contributed by atoms with van der Waals surface area (Å²) in [4.78, 5) is 5.44. The molecule has 2 bridgehead atoms. The van der Waals surface area contributed by atoms with Crippen LogP contribution >= 0.6 is 0 Å². The largest absolute Gasteiger partial charge is 0.314 e. The topological polar surface area (TPSA) is 18.5 Å². The zero-order valence-corrected chi connectivity index (χ0v) is 14.2. The van der Waals surface area contributed by atoms with E-state index in [9.17, 15) is 0 Å². The third-order valence-corrected chi connectivity index (χ3v) is 6.36. The van der Waals surface area contributed by atoms with Gasteiger partial charge in [-0.05, 0) is 77.5 Å². The summed E-state index contributed by atoms with van der Waals surface area (Å²) in [5, 5.41) is 3.79. The summed E-state index contributed by atoms with van der Waals surface area (Å²) >= 11 is 0. The molecule has 2 heterocycles. The van der Waals surface area contributed by atoms with Crippen LogP contribution in [0, 0.1) is 5.92 Å². The molecule has 1 aliphatic carbocycles. The fraction of sp³-hybridized carbons (Fsp3) is 1.00. The van der Waals surface area contributed by atoms with E-state index < -0.39 is 0 Å². The Balaban J connectivity index is 1.44. The molecule has 3 aliphatic rings. The van der Waals surface area contributed by atoms with Crippen LogP contribution < -0.4 is 5.32 Å². The Hall–Kier alpha value is -0.120. The van der Waals surface area contributed by atoms with Gasteiger partial charge in [-0.1, -0.05) is 13.3 Å². The molecular formula is C18H35N3. The number of rotatable bonds is 6. The molecule has 21 heavy (non-hydrogen) atoms. The smallest absolute Gasteiger partial charge is 0.0223 e. The molecule has 3 heteroatoms. The molecule has 2 saturated heterocycles. The molecule has 3 fully saturated rings. The van der Waals surface area contributed by atoms with Crippen molar-refractivity contribution >= 4 is 0 Å². The fourth-order valence-corrected chi connectivity index (χ4v) is 4.91. The molecule has 0 radical (unpaired) electrons. The van der Waals surface area contributed by atoms with Crippen molar-refractivity contribution in [2.24, 2.45) is 5.92 Å². The lowest BCUT2D eigenvalue weighted by Crippen LogP contribution is -2.39. The van der Waals surface area contributed by atoms with Gasteiger partial charge in [-0.3, -0.25) is 4.90 Å². The first-order valence-corrected chi connectivity index (χ1v) is 9.45. The quantitative estimate of drug-likeness (QED) is 0.812. The highest BCUT2D eigenvalue weighted by molar-refractivity contribution is 4.91. The Morgan fingerprint density at radius 3 is 2.76 bits per heavy atom. The van der Waals surface area contributed by atoms with E-state index >= 15 is 0 Å². The van der Waals surface area contributed by atoms with Crippen LogP contribution in [0.25, 0.3) is 0 Å². The first-order chi connectivity index (χ1) is 10.3. The second-order valence-electron chi connectivity index (χ2n) is 7.68. The van der Waals surface area contributed by atoms with Crippen molar-refractivity contribution in [3.63, 3.8) is 0 Å². The predicted octanol–water partition coefficient (Wildman–Crippen LogP) is 2.71. The average Bonchev–Trinajstić information content (AvgIpc) is 3.01. The van der Waals surface area contributed by atoms with Crippen molar-refractivity contribution in [3.8, 4) is 0 Å². The van der Waals surface area contributed by atoms with E-state index in [1.165, 1.54) is 77.5 Å². The zero-order chi connectivity index (χ0) is 14.7. The van der Waals surface area contributed by atoms with Gasteiger partial charge in [0.15, 0.2) is 0 Å². The molecule has 122 valence electrons. The molecule has 0 spiro atoms. The molecule has 1 N–H and O–H groups in total. The number of fused-ring (bicyclic) bond motifs is 2. The Morgan fingerprint density at radius 1 is 1.05 bits per heavy atom. The summed E-state index contributed by atoms with van der Waals surface area (Å²) < 4.78 is 0. The first kappa shape index (κ1) is 15.8. The maximum absolute atomic E-state index is 3.79. The van der Waals surface area contributed by atoms with Gasteiger partial charge in [-0.2, -0.15) is 0 Å². The molecule has 3 rings (SSSR count). The first-order valence-electron chi connectivity index (χ1n) is 9.45. The van der Waals surface area contributed by atoms with Gasteiger partial charge >= 0.3 is 0 Å². The van der Waals surface area contributed by atoms with Crippen LogP contribution in [0.3, 0.4) is 0 Å². The van der Waals surface area contributed by atoms with Crippen molar-refractivity contribution in [2.75, 3.05) is 33.2 Å². The molecule has 4 atom stereocenters. The van der Waals surface area contributed by atoms with Gasteiger partial charge < -0.3 is 10.2 Å². The van der Waals surface area contributed by atoms with E-state index in [1.807, 2.05) is 0 Å². The highest BCUT2D eigenvalue weighted by Crippen LogP contribution is 2.31. The Morgan fingerprint density at radius 2 is 1.90 bits per heavy atom. The maximum atomic E-state index is 3.79. The summed E-state index contributed by atoms with van der Waals surface area (Å²) in [6.07, 6.45) is 11.3. The molecule has 2 aliphatic heterocycles. The van der Waals surface area contributed by atoms with Crippen LogP contribution in [0.4, 0.5) is 0 Å². The van der Waals surface area contributed by atoms with Gasteiger partial charge in [0.2, 0.25) is 0 Å². The van der Waals surface area contributed by atoms with E-state index in [1.54, 1.807) is 0 Å². The van der Waals surface area contributed by atoms with E-state index in [4.69, 9.17) is 0 Å². The van der Waals surface area contributed by atoms with Crippen LogP contribution in [-0.4, -0.2) is 61.2 Å². The van der Waals surface area contributed by atoms with Crippen LogP contribution in [-0.2, 0) is 0 Å². The van der Waals surface area contributed by atoms with Crippen molar-refractivity contribution in [1.29, 1.82) is 0 Å². The lowest BCUT2D eigenvalue weighted by atomic mass is 9.98. The summed E-state index contributed by atoms with van der Waals surface area (Å²) in [7, 11) is 2.35. The summed E-state index contributed by atoms with van der Waals surface area (Å²) in [5.41, 5.74) is 0. The lowest BCUT2D eigenvalue weighted by molar-refractivity contribution is 0.206. The number of nitrogens with zero attached hydrogens (tertiary/aromatic N) is 2. The van der Waals surface area contributed by atoms with Crippen LogP contribution in [0.1, 0.15) is 58.3 Å². The molecule has 3 nitrogen and oxygen atoms in total. The molecule has 0 aromatic rings. The van der Waals surface area contributed by atoms with Crippen LogP contribution in [0.5, 0.6) is 0 Å². The Labute approximate surface area is 131 Å². The maximum Gasteiger partial charge on any atom is 0.0223 e. The van der Waals surface area contributed by atoms with E-state index in [0.29, 0.717) is 0 Å². The zero-order valence-electron chi connectivity index (χ0n) is 14.2. The van der Waals surface area contributed by atoms with Crippen LogP contribution in [0.15, 0.2) is 0 Å². The highest BCUT2D eigenvalue weighted by Gasteiger charge is 2.35. The molecule has 0 amide bonds. The van der Waals surface area contributed by atoms with E-state index in [-0.39, 0.29) is 0 Å². The minimum Gasteiger partial charge on any atom is -0.314 e. The van der Waals surface area contributed by atoms with Gasteiger partial charge in [-0.25, -0.2) is 0 Å². The lowest BCUT2D eigenvalue weighted by Gasteiger charge is -2.28. The summed E-state index contributed by atoms with van der Waals surface area (Å²) in [6, 6.07) is 2.54. The molecular weight excluding hydrogens is 258 g/mol. The number of hydrogen-bond donors (Lipinski definition) is 1. The van der Waals surface area contributed by atoms with Crippen molar-refractivity contribution < 1.29 is 0 Å². The Bertz CT molecular complexity index is 320. The second-order valence-corrected chi connectivity index (χ2v) is 7.68. The van der Waals surface area contributed by atoms with E-state index in [2.05, 4.69) is 29.1 Å². The molecule has 4 unspecified atom stereocenters. The standard InChI is InChI=1S/C18H35N3/c1-3-11-19-18-6-4-5-15(18)9-12-21-13-10-16-7-8-17(14-21)20(16)2/h15-19H,3-14H2,1-2H3. The third kappa shape index (κ3) is 3.80. The minimum atomic E-state index is 0.816. The molecule has 0 aromatic carbocycles. The van der Waals surface area contributed by atoms with E-state index in [0.717, 1.165) is 24.0 Å². The second kappa shape index (κ2) is 7.43. The van der Waals surface area contributed by atoms with Crippen molar-refractivity contribution in [1.82, 2.24) is 15.1 Å². The Kier molecular flexibility index (Phi) is 5.58. The monoisotopic (exact) mass is 293 g/mol. The molecule has 1 saturated carbocycles.